The zero-order valence-corrected chi connectivity index (χ0v) is 16.6. The van der Waals surface area contributed by atoms with E-state index in [2.05, 4.69) is 15.2 Å². The van der Waals surface area contributed by atoms with Crippen molar-refractivity contribution in [1.29, 1.82) is 0 Å². The molecular weight excluding hydrogens is 413 g/mol. The van der Waals surface area contributed by atoms with Crippen molar-refractivity contribution >= 4 is 5.91 Å². The molecule has 2 aromatic heterocycles. The maximum absolute atomic E-state index is 12.9. The number of ether oxygens (including phenoxy) is 1. The number of carbonyl (C=O) groups is 1. The first-order chi connectivity index (χ1) is 14.9. The van der Waals surface area contributed by atoms with Crippen molar-refractivity contribution in [1.82, 2.24) is 20.1 Å². The summed E-state index contributed by atoms with van der Waals surface area (Å²) >= 11 is 0. The Morgan fingerprint density at radius 3 is 2.68 bits per heavy atom. The molecule has 31 heavy (non-hydrogen) atoms. The maximum Gasteiger partial charge on any atom is 0.416 e. The van der Waals surface area contributed by atoms with Crippen LogP contribution in [-0.2, 0) is 6.18 Å². The van der Waals surface area contributed by atoms with Crippen molar-refractivity contribution in [2.45, 2.75) is 24.9 Å². The summed E-state index contributed by atoms with van der Waals surface area (Å²) < 4.78 is 49.2. The number of rotatable bonds is 4. The van der Waals surface area contributed by atoms with Crippen LogP contribution in [0.3, 0.4) is 0 Å². The molecular formula is C21H19F3N4O3. The van der Waals surface area contributed by atoms with Gasteiger partial charge in [0.05, 0.1) is 18.6 Å². The maximum atomic E-state index is 12.9. The molecule has 10 heteroatoms. The fourth-order valence-corrected chi connectivity index (χ4v) is 3.57. The number of methoxy groups -OCH3 is 1. The highest BCUT2D eigenvalue weighted by Crippen LogP contribution is 2.32. The van der Waals surface area contributed by atoms with E-state index in [4.69, 9.17) is 9.15 Å². The number of likely N-dealkylation sites (tertiary alicyclic amines) is 1. The van der Waals surface area contributed by atoms with Crippen LogP contribution in [-0.4, -0.2) is 46.2 Å². The summed E-state index contributed by atoms with van der Waals surface area (Å²) in [6.45, 7) is 0.957. The first-order valence-corrected chi connectivity index (χ1v) is 9.66. The van der Waals surface area contributed by atoms with E-state index in [0.717, 1.165) is 25.0 Å². The Kier molecular flexibility index (Phi) is 5.62. The highest BCUT2D eigenvalue weighted by molar-refractivity contribution is 5.96. The van der Waals surface area contributed by atoms with Crippen molar-refractivity contribution < 1.29 is 27.1 Å². The Labute approximate surface area is 175 Å². The number of alkyl halides is 3. The van der Waals surface area contributed by atoms with Crippen molar-refractivity contribution in [3.63, 3.8) is 0 Å². The van der Waals surface area contributed by atoms with E-state index < -0.39 is 11.7 Å². The molecule has 1 aromatic carbocycles. The number of amides is 1. The van der Waals surface area contributed by atoms with Crippen LogP contribution in [0.25, 0.3) is 11.5 Å². The summed E-state index contributed by atoms with van der Waals surface area (Å²) in [5, 5.41) is 8.05. The van der Waals surface area contributed by atoms with Gasteiger partial charge in [0.25, 0.3) is 5.91 Å². The van der Waals surface area contributed by atoms with Crippen LogP contribution in [0.2, 0.25) is 0 Å². The molecule has 1 amide bonds. The van der Waals surface area contributed by atoms with E-state index in [1.54, 1.807) is 23.2 Å². The third-order valence-electron chi connectivity index (χ3n) is 5.15. The lowest BCUT2D eigenvalue weighted by atomic mass is 9.97. The lowest BCUT2D eigenvalue weighted by Crippen LogP contribution is -2.39. The fourth-order valence-electron chi connectivity index (χ4n) is 3.57. The number of piperidine rings is 1. The molecule has 1 unspecified atom stereocenters. The van der Waals surface area contributed by atoms with Crippen LogP contribution in [0.15, 0.2) is 47.0 Å². The van der Waals surface area contributed by atoms with Crippen molar-refractivity contribution in [2.75, 3.05) is 20.2 Å². The van der Waals surface area contributed by atoms with Gasteiger partial charge >= 0.3 is 6.18 Å². The third-order valence-corrected chi connectivity index (χ3v) is 5.15. The number of aromatic nitrogens is 3. The van der Waals surface area contributed by atoms with Crippen molar-refractivity contribution in [3.05, 3.63) is 59.6 Å². The van der Waals surface area contributed by atoms with E-state index >= 15 is 0 Å². The molecule has 1 fully saturated rings. The van der Waals surface area contributed by atoms with Crippen LogP contribution in [0.1, 0.15) is 40.6 Å². The Morgan fingerprint density at radius 2 is 1.97 bits per heavy atom. The van der Waals surface area contributed by atoms with E-state index in [1.165, 1.54) is 19.2 Å². The fraction of sp³-hybridized carbons (Fsp3) is 0.333. The first kappa shape index (κ1) is 20.8. The minimum atomic E-state index is -4.41. The third kappa shape index (κ3) is 4.37. The molecule has 4 rings (SSSR count). The predicted molar refractivity (Wildman–Crippen MR) is 103 cm³/mol. The summed E-state index contributed by atoms with van der Waals surface area (Å²) in [7, 11) is 1.46. The lowest BCUT2D eigenvalue weighted by molar-refractivity contribution is -0.137. The normalized spacial score (nSPS) is 16.9. The van der Waals surface area contributed by atoms with Crippen LogP contribution in [0.5, 0.6) is 5.88 Å². The molecule has 1 aliphatic heterocycles. The second kappa shape index (κ2) is 8.37. The van der Waals surface area contributed by atoms with Gasteiger partial charge in [-0.2, -0.15) is 13.2 Å². The van der Waals surface area contributed by atoms with Crippen LogP contribution < -0.4 is 4.74 Å². The van der Waals surface area contributed by atoms with Crippen LogP contribution >= 0.6 is 0 Å². The second-order valence-corrected chi connectivity index (χ2v) is 7.17. The molecule has 0 saturated carbocycles. The number of carbonyl (C=O) groups excluding carboxylic acids is 1. The Morgan fingerprint density at radius 1 is 1.19 bits per heavy atom. The monoisotopic (exact) mass is 432 g/mol. The van der Waals surface area contributed by atoms with E-state index in [0.29, 0.717) is 30.1 Å². The first-order valence-electron chi connectivity index (χ1n) is 9.66. The van der Waals surface area contributed by atoms with Crippen LogP contribution in [0, 0.1) is 0 Å². The van der Waals surface area contributed by atoms with Gasteiger partial charge in [-0.1, -0.05) is 0 Å². The summed E-state index contributed by atoms with van der Waals surface area (Å²) in [5.74, 6) is 0.386. The summed E-state index contributed by atoms with van der Waals surface area (Å²) in [6.07, 6.45) is -1.36. The van der Waals surface area contributed by atoms with Gasteiger partial charge in [-0.3, -0.25) is 4.79 Å². The number of pyridine rings is 1. The average molecular weight is 432 g/mol. The minimum Gasteiger partial charge on any atom is -0.480 e. The molecule has 0 aliphatic carbocycles. The average Bonchev–Trinajstić information content (AvgIpc) is 3.28. The number of hydrogen-bond donors (Lipinski definition) is 0. The largest absolute Gasteiger partial charge is 0.480 e. The van der Waals surface area contributed by atoms with Gasteiger partial charge in [-0.05, 0) is 49.2 Å². The smallest absolute Gasteiger partial charge is 0.416 e. The molecule has 0 N–H and O–H groups in total. The Balaban J connectivity index is 1.49. The molecule has 0 bridgehead atoms. The van der Waals surface area contributed by atoms with Gasteiger partial charge in [-0.25, -0.2) is 4.98 Å². The van der Waals surface area contributed by atoms with Gasteiger partial charge in [-0.15, -0.1) is 10.2 Å². The zero-order chi connectivity index (χ0) is 22.0. The standard InChI is InChI=1S/C21H19F3N4O3/c1-30-19-16(5-2-10-25-19)20(29)28-11-3-4-14(12-28)18-27-26-17(31-18)13-6-8-15(9-7-13)21(22,23)24/h2,5-10,14H,3-4,11-12H2,1H3. The number of hydrogen-bond acceptors (Lipinski definition) is 6. The van der Waals surface area contributed by atoms with Gasteiger partial charge < -0.3 is 14.1 Å². The van der Waals surface area contributed by atoms with Gasteiger partial charge in [0.15, 0.2) is 0 Å². The summed E-state index contributed by atoms with van der Waals surface area (Å²) in [6, 6.07) is 7.87. The topological polar surface area (TPSA) is 81.4 Å². The SMILES string of the molecule is COc1ncccc1C(=O)N1CCCC(c2nnc(-c3ccc(C(F)(F)F)cc3)o2)C1. The molecule has 1 aliphatic rings. The predicted octanol–water partition coefficient (Wildman–Crippen LogP) is 4.18. The van der Waals surface area contributed by atoms with E-state index in [1.807, 2.05) is 0 Å². The Hall–Kier alpha value is -3.43. The van der Waals surface area contributed by atoms with Crippen molar-refractivity contribution in [3.8, 4) is 17.3 Å². The van der Waals surface area contributed by atoms with Gasteiger partial charge in [0.2, 0.25) is 17.7 Å². The van der Waals surface area contributed by atoms with Gasteiger partial charge in [0, 0.05) is 24.8 Å². The molecule has 162 valence electrons. The highest BCUT2D eigenvalue weighted by Gasteiger charge is 2.32. The number of benzene rings is 1. The molecule has 7 nitrogen and oxygen atoms in total. The molecule has 0 radical (unpaired) electrons. The highest BCUT2D eigenvalue weighted by atomic mass is 19.4. The van der Waals surface area contributed by atoms with Crippen molar-refractivity contribution in [2.24, 2.45) is 0 Å². The van der Waals surface area contributed by atoms with Gasteiger partial charge in [0.1, 0.15) is 5.56 Å². The zero-order valence-electron chi connectivity index (χ0n) is 16.6. The summed E-state index contributed by atoms with van der Waals surface area (Å²) in [5.41, 5.74) is 0.0282. The number of halogens is 3. The molecule has 1 atom stereocenters. The Bertz CT molecular complexity index is 1070. The molecule has 3 heterocycles. The molecule has 0 spiro atoms. The summed E-state index contributed by atoms with van der Waals surface area (Å²) in [4.78, 5) is 18.7. The van der Waals surface area contributed by atoms with E-state index in [9.17, 15) is 18.0 Å². The molecule has 1 saturated heterocycles. The van der Waals surface area contributed by atoms with Crippen LogP contribution in [0.4, 0.5) is 13.2 Å². The lowest BCUT2D eigenvalue weighted by Gasteiger charge is -2.31. The molecule has 3 aromatic rings. The minimum absolute atomic E-state index is 0.140. The quantitative estimate of drug-likeness (QED) is 0.615. The van der Waals surface area contributed by atoms with E-state index in [-0.39, 0.29) is 23.6 Å². The second-order valence-electron chi connectivity index (χ2n) is 7.17. The number of nitrogens with zero attached hydrogens (tertiary/aromatic N) is 4.